The lowest BCUT2D eigenvalue weighted by Gasteiger charge is -2.29. The van der Waals surface area contributed by atoms with Gasteiger partial charge in [-0.2, -0.15) is 0 Å². The molecule has 1 N–H and O–H groups in total. The van der Waals surface area contributed by atoms with Gasteiger partial charge in [0.25, 0.3) is 0 Å². The fraction of sp³-hybridized carbons (Fsp3) is 0.917. The second-order valence-corrected chi connectivity index (χ2v) is 4.78. The highest BCUT2D eigenvalue weighted by Crippen LogP contribution is 2.16. The van der Waals surface area contributed by atoms with Gasteiger partial charge < -0.3 is 10.2 Å². The third kappa shape index (κ3) is 4.20. The number of likely N-dealkylation sites (tertiary alicyclic amines) is 1. The van der Waals surface area contributed by atoms with Gasteiger partial charge in [0.05, 0.1) is 0 Å². The number of hydrogen-bond donors (Lipinski definition) is 1. The van der Waals surface area contributed by atoms with E-state index >= 15 is 0 Å². The molecule has 0 aliphatic carbocycles. The Bertz CT molecular complexity index is 198. The minimum Gasteiger partial charge on any atom is -0.353 e. The molecule has 0 aromatic rings. The molecule has 1 atom stereocenters. The number of rotatable bonds is 4. The Labute approximate surface area is 93.2 Å². The molecule has 1 aliphatic heterocycles. The monoisotopic (exact) mass is 212 g/mol. The van der Waals surface area contributed by atoms with Crippen LogP contribution in [-0.4, -0.2) is 37.0 Å². The third-order valence-electron chi connectivity index (χ3n) is 3.20. The first-order valence-corrected chi connectivity index (χ1v) is 6.12. The first-order valence-electron chi connectivity index (χ1n) is 6.12. The maximum atomic E-state index is 11.9. The molecule has 3 nitrogen and oxygen atoms in total. The molecule has 0 unspecified atom stereocenters. The van der Waals surface area contributed by atoms with Crippen LogP contribution in [0.1, 0.15) is 39.5 Å². The fourth-order valence-corrected chi connectivity index (χ4v) is 2.14. The van der Waals surface area contributed by atoms with E-state index < -0.39 is 0 Å². The standard InChI is InChI=1S/C12H24N2O/c1-4-5-10(2)13-12(15)11-6-8-14(3)9-7-11/h10-11H,4-9H2,1-3H3,(H,13,15)/t10-/m0/s1. The topological polar surface area (TPSA) is 32.3 Å². The third-order valence-corrected chi connectivity index (χ3v) is 3.20. The van der Waals surface area contributed by atoms with Gasteiger partial charge in [-0.3, -0.25) is 4.79 Å². The number of carbonyl (C=O) groups is 1. The zero-order valence-corrected chi connectivity index (χ0v) is 10.3. The smallest absolute Gasteiger partial charge is 0.223 e. The lowest BCUT2D eigenvalue weighted by atomic mass is 9.96. The van der Waals surface area contributed by atoms with Crippen LogP contribution < -0.4 is 5.32 Å². The largest absolute Gasteiger partial charge is 0.353 e. The molecule has 0 saturated carbocycles. The highest BCUT2D eigenvalue weighted by molar-refractivity contribution is 5.79. The summed E-state index contributed by atoms with van der Waals surface area (Å²) in [4.78, 5) is 14.2. The molecular formula is C12H24N2O. The lowest BCUT2D eigenvalue weighted by Crippen LogP contribution is -2.42. The molecule has 1 fully saturated rings. The van der Waals surface area contributed by atoms with Crippen molar-refractivity contribution in [1.29, 1.82) is 0 Å². The summed E-state index contributed by atoms with van der Waals surface area (Å²) < 4.78 is 0. The molecule has 0 aromatic heterocycles. The first-order chi connectivity index (χ1) is 7.13. The normalized spacial score (nSPS) is 21.3. The summed E-state index contributed by atoms with van der Waals surface area (Å²) in [7, 11) is 2.12. The van der Waals surface area contributed by atoms with Gasteiger partial charge in [-0.15, -0.1) is 0 Å². The minimum absolute atomic E-state index is 0.250. The van der Waals surface area contributed by atoms with E-state index in [-0.39, 0.29) is 11.8 Å². The first kappa shape index (κ1) is 12.5. The van der Waals surface area contributed by atoms with Crippen LogP contribution in [0.5, 0.6) is 0 Å². The SMILES string of the molecule is CCC[C@H](C)NC(=O)C1CCN(C)CC1. The summed E-state index contributed by atoms with van der Waals surface area (Å²) in [5.74, 6) is 0.518. The van der Waals surface area contributed by atoms with Crippen LogP contribution in [0.2, 0.25) is 0 Å². The minimum atomic E-state index is 0.250. The van der Waals surface area contributed by atoms with E-state index in [9.17, 15) is 4.79 Å². The van der Waals surface area contributed by atoms with E-state index in [1.807, 2.05) is 0 Å². The molecule has 1 heterocycles. The molecular weight excluding hydrogens is 188 g/mol. The zero-order valence-electron chi connectivity index (χ0n) is 10.3. The molecule has 15 heavy (non-hydrogen) atoms. The van der Waals surface area contributed by atoms with Crippen LogP contribution in [0.4, 0.5) is 0 Å². The van der Waals surface area contributed by atoms with Gasteiger partial charge in [0.2, 0.25) is 5.91 Å². The van der Waals surface area contributed by atoms with E-state index in [0.29, 0.717) is 6.04 Å². The zero-order chi connectivity index (χ0) is 11.3. The molecule has 0 radical (unpaired) electrons. The van der Waals surface area contributed by atoms with E-state index in [2.05, 4.69) is 31.1 Å². The van der Waals surface area contributed by atoms with Crippen molar-refractivity contribution in [1.82, 2.24) is 10.2 Å². The Kier molecular flexibility index (Phi) is 5.09. The molecule has 1 rings (SSSR count). The van der Waals surface area contributed by atoms with Crippen molar-refractivity contribution in [2.24, 2.45) is 5.92 Å². The van der Waals surface area contributed by atoms with Crippen molar-refractivity contribution < 1.29 is 4.79 Å². The van der Waals surface area contributed by atoms with Crippen molar-refractivity contribution >= 4 is 5.91 Å². The predicted molar refractivity (Wildman–Crippen MR) is 62.7 cm³/mol. The second kappa shape index (κ2) is 6.11. The van der Waals surface area contributed by atoms with Crippen LogP contribution in [0.3, 0.4) is 0 Å². The maximum absolute atomic E-state index is 11.9. The van der Waals surface area contributed by atoms with Crippen molar-refractivity contribution in [3.05, 3.63) is 0 Å². The Balaban J connectivity index is 2.27. The average Bonchev–Trinajstić information content (AvgIpc) is 2.18. The van der Waals surface area contributed by atoms with E-state index in [1.54, 1.807) is 0 Å². The Morgan fingerprint density at radius 3 is 2.60 bits per heavy atom. The molecule has 0 aromatic carbocycles. The molecule has 3 heteroatoms. The van der Waals surface area contributed by atoms with Gasteiger partial charge in [-0.25, -0.2) is 0 Å². The molecule has 0 spiro atoms. The molecule has 1 amide bonds. The summed E-state index contributed by atoms with van der Waals surface area (Å²) in [6, 6.07) is 0.335. The van der Waals surface area contributed by atoms with Crippen molar-refractivity contribution in [3.8, 4) is 0 Å². The van der Waals surface area contributed by atoms with Crippen LogP contribution >= 0.6 is 0 Å². The van der Waals surface area contributed by atoms with Gasteiger partial charge in [0, 0.05) is 12.0 Å². The van der Waals surface area contributed by atoms with Gasteiger partial charge >= 0.3 is 0 Å². The van der Waals surface area contributed by atoms with Crippen molar-refractivity contribution in [3.63, 3.8) is 0 Å². The summed E-state index contributed by atoms with van der Waals surface area (Å²) in [6.07, 6.45) is 4.25. The van der Waals surface area contributed by atoms with Crippen LogP contribution in [0, 0.1) is 5.92 Å². The number of piperidine rings is 1. The number of amides is 1. The summed E-state index contributed by atoms with van der Waals surface area (Å²) in [6.45, 7) is 6.36. The Morgan fingerprint density at radius 1 is 1.47 bits per heavy atom. The van der Waals surface area contributed by atoms with Crippen LogP contribution in [0.25, 0.3) is 0 Å². The van der Waals surface area contributed by atoms with Gasteiger partial charge in [0.1, 0.15) is 0 Å². The molecule has 88 valence electrons. The second-order valence-electron chi connectivity index (χ2n) is 4.78. The summed E-state index contributed by atoms with van der Waals surface area (Å²) >= 11 is 0. The van der Waals surface area contributed by atoms with Crippen LogP contribution in [-0.2, 0) is 4.79 Å². The summed E-state index contributed by atoms with van der Waals surface area (Å²) in [5.41, 5.74) is 0. The predicted octanol–water partition coefficient (Wildman–Crippen LogP) is 1.63. The van der Waals surface area contributed by atoms with Crippen molar-refractivity contribution in [2.45, 2.75) is 45.6 Å². The van der Waals surface area contributed by atoms with E-state index in [1.165, 1.54) is 0 Å². The van der Waals surface area contributed by atoms with Gasteiger partial charge in [-0.1, -0.05) is 13.3 Å². The maximum Gasteiger partial charge on any atom is 0.223 e. The van der Waals surface area contributed by atoms with E-state index in [0.717, 1.165) is 38.8 Å². The highest BCUT2D eigenvalue weighted by Gasteiger charge is 2.23. The average molecular weight is 212 g/mol. The Hall–Kier alpha value is -0.570. The molecule has 1 aliphatic rings. The highest BCUT2D eigenvalue weighted by atomic mass is 16.1. The fourth-order valence-electron chi connectivity index (χ4n) is 2.14. The quantitative estimate of drug-likeness (QED) is 0.768. The Morgan fingerprint density at radius 2 is 2.07 bits per heavy atom. The number of nitrogens with one attached hydrogen (secondary N) is 1. The van der Waals surface area contributed by atoms with Crippen LogP contribution in [0.15, 0.2) is 0 Å². The molecule has 1 saturated heterocycles. The van der Waals surface area contributed by atoms with Gasteiger partial charge in [0.15, 0.2) is 0 Å². The lowest BCUT2D eigenvalue weighted by molar-refractivity contribution is -0.127. The number of hydrogen-bond acceptors (Lipinski definition) is 2. The van der Waals surface area contributed by atoms with E-state index in [4.69, 9.17) is 0 Å². The summed E-state index contributed by atoms with van der Waals surface area (Å²) in [5, 5.41) is 3.11. The number of carbonyl (C=O) groups excluding carboxylic acids is 1. The number of nitrogens with zero attached hydrogens (tertiary/aromatic N) is 1. The van der Waals surface area contributed by atoms with Gasteiger partial charge in [-0.05, 0) is 46.3 Å². The van der Waals surface area contributed by atoms with Crippen molar-refractivity contribution in [2.75, 3.05) is 20.1 Å². The molecule has 0 bridgehead atoms.